The van der Waals surface area contributed by atoms with Crippen LogP contribution in [0.3, 0.4) is 0 Å². The zero-order valence-corrected chi connectivity index (χ0v) is 15.3. The summed E-state index contributed by atoms with van der Waals surface area (Å²) in [5.41, 5.74) is 1.50. The fraction of sp³-hybridized carbons (Fsp3) is 0.600. The summed E-state index contributed by atoms with van der Waals surface area (Å²) in [6.45, 7) is 7.17. The van der Waals surface area contributed by atoms with Gasteiger partial charge in [-0.15, -0.1) is 0 Å². The van der Waals surface area contributed by atoms with Crippen molar-refractivity contribution in [1.82, 2.24) is 4.31 Å². The molecule has 0 aliphatic carbocycles. The van der Waals surface area contributed by atoms with Gasteiger partial charge < -0.3 is 0 Å². The van der Waals surface area contributed by atoms with E-state index in [1.807, 2.05) is 19.1 Å². The molecule has 0 aromatic heterocycles. The lowest BCUT2D eigenvalue weighted by Gasteiger charge is -2.34. The maximum absolute atomic E-state index is 13.0. The normalized spacial score (nSPS) is 24.8. The Morgan fingerprint density at radius 2 is 1.64 bits per heavy atom. The van der Waals surface area contributed by atoms with E-state index < -0.39 is 25.4 Å². The maximum atomic E-state index is 13.0. The Balaban J connectivity index is 2.52. The second-order valence-electron chi connectivity index (χ2n) is 6.54. The van der Waals surface area contributed by atoms with Gasteiger partial charge >= 0.3 is 0 Å². The van der Waals surface area contributed by atoms with E-state index >= 15 is 0 Å². The van der Waals surface area contributed by atoms with Gasteiger partial charge in [0.15, 0.2) is 9.84 Å². The molecule has 0 bridgehead atoms. The fourth-order valence-electron chi connectivity index (χ4n) is 3.24. The number of sulfone groups is 1. The van der Waals surface area contributed by atoms with Gasteiger partial charge in [0.05, 0.1) is 16.4 Å². The molecule has 1 fully saturated rings. The fourth-order valence-corrected chi connectivity index (χ4v) is 7.45. The second-order valence-corrected chi connectivity index (χ2v) is 10.6. The third kappa shape index (κ3) is 2.94. The molecule has 7 heteroatoms. The van der Waals surface area contributed by atoms with Gasteiger partial charge in [-0.2, -0.15) is 4.31 Å². The van der Waals surface area contributed by atoms with Crippen molar-refractivity contribution in [3.05, 3.63) is 28.8 Å². The Morgan fingerprint density at radius 1 is 1.14 bits per heavy atom. The third-order valence-corrected chi connectivity index (χ3v) is 8.68. The number of sulfonamides is 1. The van der Waals surface area contributed by atoms with Gasteiger partial charge in [-0.25, -0.2) is 16.8 Å². The van der Waals surface area contributed by atoms with Crippen LogP contribution in [0.15, 0.2) is 17.0 Å². The summed E-state index contributed by atoms with van der Waals surface area (Å²) >= 11 is 0. The summed E-state index contributed by atoms with van der Waals surface area (Å²) in [4.78, 5) is 0.283. The van der Waals surface area contributed by atoms with Gasteiger partial charge in [0.1, 0.15) is 0 Å². The molecule has 22 heavy (non-hydrogen) atoms. The molecule has 1 heterocycles. The molecule has 2 rings (SSSR count). The zero-order chi connectivity index (χ0) is 16.9. The smallest absolute Gasteiger partial charge is 0.229 e. The first-order valence-electron chi connectivity index (χ1n) is 7.16. The van der Waals surface area contributed by atoms with E-state index in [9.17, 15) is 16.8 Å². The molecule has 1 saturated heterocycles. The minimum Gasteiger partial charge on any atom is -0.229 e. The Kier molecular flexibility index (Phi) is 4.21. The molecular weight excluding hydrogens is 322 g/mol. The number of hydrogen-bond donors (Lipinski definition) is 0. The standard InChI is InChI=1S/C15H23NO4S2/c1-11-8-12(2)14(13(3)9-11)22(19,20)16(5)15(4)6-7-21(17,18)10-15/h8-9H,6-7,10H2,1-5H3/t15-/m0/s1. The molecule has 0 amide bonds. The maximum Gasteiger partial charge on any atom is 0.243 e. The Hall–Kier alpha value is -0.920. The molecular formula is C15H23NO4S2. The zero-order valence-electron chi connectivity index (χ0n) is 13.7. The number of benzene rings is 1. The lowest BCUT2D eigenvalue weighted by atomic mass is 10.0. The molecule has 0 saturated carbocycles. The molecule has 124 valence electrons. The van der Waals surface area contributed by atoms with E-state index in [0.29, 0.717) is 17.5 Å². The van der Waals surface area contributed by atoms with E-state index in [0.717, 1.165) is 5.56 Å². The van der Waals surface area contributed by atoms with Crippen molar-refractivity contribution >= 4 is 19.9 Å². The van der Waals surface area contributed by atoms with Gasteiger partial charge in [-0.3, -0.25) is 0 Å². The number of nitrogens with zero attached hydrogens (tertiary/aromatic N) is 1. The summed E-state index contributed by atoms with van der Waals surface area (Å²) in [7, 11) is -5.43. The molecule has 0 N–H and O–H groups in total. The largest absolute Gasteiger partial charge is 0.243 e. The highest BCUT2D eigenvalue weighted by molar-refractivity contribution is 7.92. The SMILES string of the molecule is Cc1cc(C)c(S(=O)(=O)N(C)[C@@]2(C)CCS(=O)(=O)C2)c(C)c1. The first-order chi connectivity index (χ1) is 9.89. The predicted octanol–water partition coefficient (Wildman–Crippen LogP) is 1.81. The Labute approximate surface area is 133 Å². The second kappa shape index (κ2) is 5.32. The van der Waals surface area contributed by atoms with Gasteiger partial charge in [0, 0.05) is 12.6 Å². The lowest BCUT2D eigenvalue weighted by Crippen LogP contribution is -2.48. The van der Waals surface area contributed by atoms with Crippen molar-refractivity contribution in [3.63, 3.8) is 0 Å². The van der Waals surface area contributed by atoms with Crippen LogP contribution < -0.4 is 0 Å². The van der Waals surface area contributed by atoms with Crippen LogP contribution >= 0.6 is 0 Å². The molecule has 0 unspecified atom stereocenters. The van der Waals surface area contributed by atoms with Crippen LogP contribution in [0.1, 0.15) is 30.0 Å². The van der Waals surface area contributed by atoms with E-state index in [4.69, 9.17) is 0 Å². The topological polar surface area (TPSA) is 71.5 Å². The van der Waals surface area contributed by atoms with Crippen LogP contribution in [0, 0.1) is 20.8 Å². The summed E-state index contributed by atoms with van der Waals surface area (Å²) < 4.78 is 50.8. The van der Waals surface area contributed by atoms with E-state index in [-0.39, 0.29) is 16.4 Å². The highest BCUT2D eigenvalue weighted by atomic mass is 32.2. The van der Waals surface area contributed by atoms with E-state index in [1.54, 1.807) is 20.8 Å². The van der Waals surface area contributed by atoms with Gasteiger partial charge in [0.25, 0.3) is 0 Å². The van der Waals surface area contributed by atoms with Crippen LogP contribution in [-0.4, -0.2) is 45.2 Å². The monoisotopic (exact) mass is 345 g/mol. The van der Waals surface area contributed by atoms with Crippen molar-refractivity contribution < 1.29 is 16.8 Å². The molecule has 1 aromatic carbocycles. The van der Waals surface area contributed by atoms with Crippen molar-refractivity contribution in [3.8, 4) is 0 Å². The third-order valence-electron chi connectivity index (χ3n) is 4.47. The molecule has 1 aromatic rings. The van der Waals surface area contributed by atoms with E-state index in [1.165, 1.54) is 11.4 Å². The average Bonchev–Trinajstić information content (AvgIpc) is 2.62. The van der Waals surface area contributed by atoms with Gasteiger partial charge in [0.2, 0.25) is 10.0 Å². The minimum absolute atomic E-state index is 0.0369. The molecule has 1 aliphatic heterocycles. The van der Waals surface area contributed by atoms with Gasteiger partial charge in [-0.1, -0.05) is 17.7 Å². The number of hydrogen-bond acceptors (Lipinski definition) is 4. The summed E-state index contributed by atoms with van der Waals surface area (Å²) in [5.74, 6) is -0.0884. The van der Waals surface area contributed by atoms with Crippen LogP contribution in [0.2, 0.25) is 0 Å². The van der Waals surface area contributed by atoms with Crippen LogP contribution in [0.4, 0.5) is 0 Å². The van der Waals surface area contributed by atoms with Crippen molar-refractivity contribution in [1.29, 1.82) is 0 Å². The van der Waals surface area contributed by atoms with Crippen LogP contribution in [0.25, 0.3) is 0 Å². The molecule has 5 nitrogen and oxygen atoms in total. The van der Waals surface area contributed by atoms with Crippen LogP contribution in [-0.2, 0) is 19.9 Å². The highest BCUT2D eigenvalue weighted by Gasteiger charge is 2.46. The Morgan fingerprint density at radius 3 is 2.05 bits per heavy atom. The van der Waals surface area contributed by atoms with E-state index in [2.05, 4.69) is 0 Å². The summed E-state index contributed by atoms with van der Waals surface area (Å²) in [5, 5.41) is 0. The lowest BCUT2D eigenvalue weighted by molar-refractivity contribution is 0.272. The molecule has 0 spiro atoms. The first-order valence-corrected chi connectivity index (χ1v) is 10.4. The van der Waals surface area contributed by atoms with Crippen molar-refractivity contribution in [2.45, 2.75) is 44.6 Å². The molecule has 1 aliphatic rings. The number of rotatable bonds is 3. The first kappa shape index (κ1) is 17.4. The average molecular weight is 345 g/mol. The Bertz CT molecular complexity index is 789. The highest BCUT2D eigenvalue weighted by Crippen LogP contribution is 2.34. The number of aryl methyl sites for hydroxylation is 3. The molecule has 1 atom stereocenters. The van der Waals surface area contributed by atoms with Gasteiger partial charge in [-0.05, 0) is 45.2 Å². The van der Waals surface area contributed by atoms with Crippen molar-refractivity contribution in [2.24, 2.45) is 0 Å². The predicted molar refractivity (Wildman–Crippen MR) is 87.3 cm³/mol. The van der Waals surface area contributed by atoms with Crippen LogP contribution in [0.5, 0.6) is 0 Å². The summed E-state index contributed by atoms with van der Waals surface area (Å²) in [6, 6.07) is 3.67. The summed E-state index contributed by atoms with van der Waals surface area (Å²) in [6.07, 6.45) is 0.328. The van der Waals surface area contributed by atoms with Crippen molar-refractivity contribution in [2.75, 3.05) is 18.6 Å². The quantitative estimate of drug-likeness (QED) is 0.837. The minimum atomic E-state index is -3.74. The molecule has 0 radical (unpaired) electrons.